The van der Waals surface area contributed by atoms with Crippen molar-refractivity contribution >= 4 is 5.69 Å². The Bertz CT molecular complexity index is 623. The molecular weight excluding hydrogens is 254 g/mol. The number of phenols is 2. The minimum absolute atomic E-state index is 0.136. The monoisotopic (exact) mass is 273 g/mol. The third-order valence-corrected chi connectivity index (χ3v) is 3.40. The van der Waals surface area contributed by atoms with E-state index in [1.165, 1.54) is 7.11 Å². The Morgan fingerprint density at radius 1 is 1.05 bits per heavy atom. The van der Waals surface area contributed by atoms with Gasteiger partial charge in [0.2, 0.25) is 0 Å². The molecule has 0 saturated carbocycles. The van der Waals surface area contributed by atoms with E-state index in [2.05, 4.69) is 5.32 Å². The molecule has 0 heterocycles. The number of ether oxygens (including phenoxy) is 1. The quantitative estimate of drug-likeness (QED) is 0.799. The van der Waals surface area contributed by atoms with Gasteiger partial charge in [0.15, 0.2) is 11.5 Å². The largest absolute Gasteiger partial charge is 0.507 e. The van der Waals surface area contributed by atoms with Gasteiger partial charge < -0.3 is 20.3 Å². The fourth-order valence-corrected chi connectivity index (χ4v) is 2.09. The molecular formula is C16H19NO3. The van der Waals surface area contributed by atoms with Crippen molar-refractivity contribution in [3.8, 4) is 17.2 Å². The molecule has 3 N–H and O–H groups in total. The fourth-order valence-electron chi connectivity index (χ4n) is 2.09. The predicted molar refractivity (Wildman–Crippen MR) is 79.6 cm³/mol. The third kappa shape index (κ3) is 2.64. The number of anilines is 1. The van der Waals surface area contributed by atoms with Crippen molar-refractivity contribution in [2.45, 2.75) is 20.4 Å². The molecule has 0 bridgehead atoms. The van der Waals surface area contributed by atoms with Crippen molar-refractivity contribution in [3.05, 3.63) is 47.0 Å². The van der Waals surface area contributed by atoms with Gasteiger partial charge in [0.05, 0.1) is 7.11 Å². The molecule has 0 aromatic heterocycles. The van der Waals surface area contributed by atoms with E-state index in [1.54, 1.807) is 6.07 Å². The predicted octanol–water partition coefficient (Wildman–Crippen LogP) is 3.34. The lowest BCUT2D eigenvalue weighted by molar-refractivity contribution is 0.371. The van der Waals surface area contributed by atoms with Crippen molar-refractivity contribution in [2.75, 3.05) is 12.4 Å². The van der Waals surface area contributed by atoms with Gasteiger partial charge in [-0.25, -0.2) is 0 Å². The minimum atomic E-state index is 0.136. The number of hydrogen-bond donors (Lipinski definition) is 3. The van der Waals surface area contributed by atoms with Crippen LogP contribution in [0.3, 0.4) is 0 Å². The zero-order chi connectivity index (χ0) is 14.7. The molecule has 4 nitrogen and oxygen atoms in total. The lowest BCUT2D eigenvalue weighted by Crippen LogP contribution is -2.02. The summed E-state index contributed by atoms with van der Waals surface area (Å²) in [4.78, 5) is 0. The summed E-state index contributed by atoms with van der Waals surface area (Å²) in [7, 11) is 1.52. The zero-order valence-electron chi connectivity index (χ0n) is 11.9. The van der Waals surface area contributed by atoms with Crippen LogP contribution < -0.4 is 10.1 Å². The first-order valence-corrected chi connectivity index (χ1v) is 6.42. The number of para-hydroxylation sites is 1. The maximum atomic E-state index is 10.0. The van der Waals surface area contributed by atoms with Crippen molar-refractivity contribution < 1.29 is 14.9 Å². The van der Waals surface area contributed by atoms with E-state index in [1.807, 2.05) is 38.1 Å². The highest BCUT2D eigenvalue weighted by molar-refractivity contribution is 5.59. The number of hydrogen-bond acceptors (Lipinski definition) is 4. The first kappa shape index (κ1) is 14.1. The van der Waals surface area contributed by atoms with Crippen molar-refractivity contribution in [1.82, 2.24) is 0 Å². The molecule has 0 saturated heterocycles. The van der Waals surface area contributed by atoms with Crippen molar-refractivity contribution in [2.24, 2.45) is 0 Å². The average Bonchev–Trinajstić information content (AvgIpc) is 2.45. The highest BCUT2D eigenvalue weighted by Gasteiger charge is 2.09. The number of phenolic OH excluding ortho intramolecular Hbond substituents is 2. The highest BCUT2D eigenvalue weighted by Crippen LogP contribution is 2.31. The molecule has 0 aliphatic heterocycles. The van der Waals surface area contributed by atoms with E-state index in [-0.39, 0.29) is 5.75 Å². The summed E-state index contributed by atoms with van der Waals surface area (Å²) in [5, 5.41) is 23.1. The highest BCUT2D eigenvalue weighted by atomic mass is 16.5. The Hall–Kier alpha value is -2.36. The lowest BCUT2D eigenvalue weighted by Gasteiger charge is -2.14. The second-order valence-corrected chi connectivity index (χ2v) is 4.73. The molecule has 20 heavy (non-hydrogen) atoms. The van der Waals surface area contributed by atoms with Gasteiger partial charge in [-0.15, -0.1) is 0 Å². The van der Waals surface area contributed by atoms with Gasteiger partial charge in [-0.1, -0.05) is 18.2 Å². The van der Waals surface area contributed by atoms with Gasteiger partial charge in [0.25, 0.3) is 0 Å². The third-order valence-electron chi connectivity index (χ3n) is 3.40. The van der Waals surface area contributed by atoms with E-state index in [0.29, 0.717) is 18.0 Å². The summed E-state index contributed by atoms with van der Waals surface area (Å²) in [6, 6.07) is 9.14. The van der Waals surface area contributed by atoms with Crippen LogP contribution in [-0.2, 0) is 6.54 Å². The van der Waals surface area contributed by atoms with Gasteiger partial charge in [-0.3, -0.25) is 0 Å². The first-order chi connectivity index (χ1) is 9.54. The Morgan fingerprint density at radius 2 is 1.80 bits per heavy atom. The molecule has 2 rings (SSSR count). The molecule has 2 aromatic rings. The second kappa shape index (κ2) is 5.74. The molecule has 0 spiro atoms. The summed E-state index contributed by atoms with van der Waals surface area (Å²) in [5.41, 5.74) is 3.23. The van der Waals surface area contributed by atoms with Crippen LogP contribution in [0.4, 0.5) is 5.69 Å². The van der Waals surface area contributed by atoms with Gasteiger partial charge in [0, 0.05) is 23.4 Å². The molecule has 0 atom stereocenters. The minimum Gasteiger partial charge on any atom is -0.507 e. The van der Waals surface area contributed by atoms with E-state index in [0.717, 1.165) is 22.4 Å². The number of nitrogens with one attached hydrogen (secondary N) is 1. The standard InChI is InChI=1S/C16H19NO3/c1-10-7-8-13(11(2)15(10)18)17-9-12-5-4-6-14(20-3)16(12)19/h4-8,17-19H,9H2,1-3H3. The molecule has 0 aliphatic rings. The van der Waals surface area contributed by atoms with Gasteiger partial charge in [-0.05, 0) is 31.5 Å². The van der Waals surface area contributed by atoms with Crippen LogP contribution >= 0.6 is 0 Å². The molecule has 0 radical (unpaired) electrons. The van der Waals surface area contributed by atoms with E-state index >= 15 is 0 Å². The summed E-state index contributed by atoms with van der Waals surface area (Å²) in [6.45, 7) is 4.17. The van der Waals surface area contributed by atoms with Crippen LogP contribution in [0.15, 0.2) is 30.3 Å². The smallest absolute Gasteiger partial charge is 0.162 e. The SMILES string of the molecule is COc1cccc(CNc2ccc(C)c(O)c2C)c1O. The number of methoxy groups -OCH3 is 1. The van der Waals surface area contributed by atoms with Crippen molar-refractivity contribution in [1.29, 1.82) is 0 Å². The average molecular weight is 273 g/mol. The van der Waals surface area contributed by atoms with Gasteiger partial charge >= 0.3 is 0 Å². The normalized spacial score (nSPS) is 10.3. The summed E-state index contributed by atoms with van der Waals surface area (Å²) >= 11 is 0. The Morgan fingerprint density at radius 3 is 2.50 bits per heavy atom. The Kier molecular flexibility index (Phi) is 4.03. The molecule has 0 fully saturated rings. The van der Waals surface area contributed by atoms with Crippen molar-refractivity contribution in [3.63, 3.8) is 0 Å². The van der Waals surface area contributed by atoms with E-state index in [4.69, 9.17) is 4.74 Å². The van der Waals surface area contributed by atoms with E-state index < -0.39 is 0 Å². The topological polar surface area (TPSA) is 61.7 Å². The van der Waals surface area contributed by atoms with Crippen LogP contribution in [0, 0.1) is 13.8 Å². The molecule has 0 unspecified atom stereocenters. The zero-order valence-corrected chi connectivity index (χ0v) is 11.9. The molecule has 0 aliphatic carbocycles. The number of benzene rings is 2. The maximum Gasteiger partial charge on any atom is 0.162 e. The van der Waals surface area contributed by atoms with Crippen LogP contribution in [0.25, 0.3) is 0 Å². The fraction of sp³-hybridized carbons (Fsp3) is 0.250. The lowest BCUT2D eigenvalue weighted by atomic mass is 10.1. The Balaban J connectivity index is 2.19. The van der Waals surface area contributed by atoms with Gasteiger partial charge in [-0.2, -0.15) is 0 Å². The first-order valence-electron chi connectivity index (χ1n) is 6.42. The summed E-state index contributed by atoms with van der Waals surface area (Å²) in [5.74, 6) is 0.883. The van der Waals surface area contributed by atoms with Gasteiger partial charge in [0.1, 0.15) is 5.75 Å². The number of aryl methyl sites for hydroxylation is 1. The van der Waals surface area contributed by atoms with Crippen LogP contribution in [-0.4, -0.2) is 17.3 Å². The summed E-state index contributed by atoms with van der Waals surface area (Å²) < 4.78 is 5.08. The van der Waals surface area contributed by atoms with E-state index in [9.17, 15) is 10.2 Å². The molecule has 0 amide bonds. The number of aromatic hydroxyl groups is 2. The second-order valence-electron chi connectivity index (χ2n) is 4.73. The van der Waals surface area contributed by atoms with Crippen LogP contribution in [0.2, 0.25) is 0 Å². The molecule has 4 heteroatoms. The Labute approximate surface area is 118 Å². The maximum absolute atomic E-state index is 10.0. The van der Waals surface area contributed by atoms with Crippen LogP contribution in [0.5, 0.6) is 17.2 Å². The van der Waals surface area contributed by atoms with Crippen LogP contribution in [0.1, 0.15) is 16.7 Å². The summed E-state index contributed by atoms with van der Waals surface area (Å²) in [6.07, 6.45) is 0. The number of rotatable bonds is 4. The molecule has 106 valence electrons. The molecule has 2 aromatic carbocycles.